The number of hydrogen-bond acceptors (Lipinski definition) is 2. The third-order valence-electron chi connectivity index (χ3n) is 11.0. The molecule has 0 rings (SSSR count). The van der Waals surface area contributed by atoms with Gasteiger partial charge >= 0.3 is 0 Å². The van der Waals surface area contributed by atoms with Gasteiger partial charge in [-0.1, -0.05) is 171 Å². The standard InChI is InChI=1S/C17H36O.C14H28.C13H26O.C9H18/c1-14(2)8-7-9-16(5)11-13-17(6,18)12-10-15(3)4;1-6-13(4)8-7-9-14(5)11-10-12(2)3;1-6-12(4)8-10-13(5,14)9-7-11(2)3;1-5-9(4)7-6-8(2)3/h14-16,18H,7-13H2,1-6H3;11-13H,6-10H2,1-5H3;8,11,14H,6-7,9-10H2,1-5H3;7-8H,5-6H2,1-4H3/b;14-11+;12-8+;9-7+/t16-,17?;;;/m1.../s1. The zero-order valence-corrected chi connectivity index (χ0v) is 41.9. The molecule has 0 radical (unpaired) electrons. The lowest BCUT2D eigenvalue weighted by Crippen LogP contribution is -2.25. The maximum absolute atomic E-state index is 10.3. The molecule has 2 N–H and O–H groups in total. The molecule has 0 bridgehead atoms. The quantitative estimate of drug-likeness (QED) is 0.0859. The zero-order valence-electron chi connectivity index (χ0n) is 41.9. The van der Waals surface area contributed by atoms with Gasteiger partial charge in [-0.05, 0) is 160 Å². The number of allylic oxidation sites excluding steroid dienone is 5. The van der Waals surface area contributed by atoms with Crippen molar-refractivity contribution in [2.24, 2.45) is 41.4 Å². The Morgan fingerprint density at radius 1 is 0.455 bits per heavy atom. The fourth-order valence-corrected chi connectivity index (χ4v) is 5.59. The number of rotatable bonds is 26. The lowest BCUT2D eigenvalue weighted by atomic mass is 9.87. The van der Waals surface area contributed by atoms with Crippen molar-refractivity contribution < 1.29 is 10.2 Å². The molecular formula is C53H108O2. The van der Waals surface area contributed by atoms with E-state index in [9.17, 15) is 10.2 Å². The maximum atomic E-state index is 10.3. The van der Waals surface area contributed by atoms with Crippen molar-refractivity contribution in [1.29, 1.82) is 0 Å². The first-order valence-corrected chi connectivity index (χ1v) is 23.7. The third-order valence-corrected chi connectivity index (χ3v) is 11.0. The fraction of sp³-hybridized carbons (Fsp3) is 0.887. The Kier molecular flexibility index (Phi) is 41.4. The van der Waals surface area contributed by atoms with E-state index in [1.807, 2.05) is 13.8 Å². The SMILES string of the molecule is CC(C)CCC[C@@H](C)CCC(C)(O)CCC(C)C.CC/C(C)=C/CC(C)(O)CCC(C)C.CC/C(C)=C/CC(C)C.CCC(C)CCC/C(C)=C/CC(C)C. The van der Waals surface area contributed by atoms with E-state index in [1.54, 1.807) is 5.57 Å². The largest absolute Gasteiger partial charge is 0.390 e. The highest BCUT2D eigenvalue weighted by Gasteiger charge is 2.21. The van der Waals surface area contributed by atoms with Crippen molar-refractivity contribution in [2.45, 2.75) is 265 Å². The normalized spacial score (nSPS) is 15.9. The van der Waals surface area contributed by atoms with Gasteiger partial charge in [0.1, 0.15) is 0 Å². The highest BCUT2D eigenvalue weighted by atomic mass is 16.3. The van der Waals surface area contributed by atoms with Crippen LogP contribution in [0.15, 0.2) is 34.9 Å². The summed E-state index contributed by atoms with van der Waals surface area (Å²) in [5.74, 6) is 5.48. The van der Waals surface area contributed by atoms with Gasteiger partial charge in [-0.25, -0.2) is 0 Å². The average molecular weight is 777 g/mol. The van der Waals surface area contributed by atoms with E-state index in [1.165, 1.54) is 81.8 Å². The Morgan fingerprint density at radius 3 is 1.27 bits per heavy atom. The fourth-order valence-electron chi connectivity index (χ4n) is 5.59. The van der Waals surface area contributed by atoms with Gasteiger partial charge in [0.05, 0.1) is 11.2 Å². The van der Waals surface area contributed by atoms with Gasteiger partial charge in [-0.15, -0.1) is 0 Å². The first-order valence-electron chi connectivity index (χ1n) is 23.7. The summed E-state index contributed by atoms with van der Waals surface area (Å²) >= 11 is 0. The van der Waals surface area contributed by atoms with Gasteiger partial charge in [0.25, 0.3) is 0 Å². The second-order valence-electron chi connectivity index (χ2n) is 20.6. The monoisotopic (exact) mass is 777 g/mol. The van der Waals surface area contributed by atoms with Crippen molar-refractivity contribution in [3.05, 3.63) is 34.9 Å². The van der Waals surface area contributed by atoms with Crippen LogP contribution in [0.5, 0.6) is 0 Å². The molecule has 0 aliphatic heterocycles. The van der Waals surface area contributed by atoms with E-state index in [2.05, 4.69) is 143 Å². The van der Waals surface area contributed by atoms with Crippen LogP contribution in [0.25, 0.3) is 0 Å². The molecule has 0 aliphatic rings. The van der Waals surface area contributed by atoms with E-state index >= 15 is 0 Å². The molecule has 0 aromatic heterocycles. The molecule has 3 unspecified atom stereocenters. The Bertz CT molecular complexity index is 911. The minimum Gasteiger partial charge on any atom is -0.390 e. The highest BCUT2D eigenvalue weighted by Crippen LogP contribution is 2.26. The zero-order chi connectivity index (χ0) is 43.6. The molecule has 2 heteroatoms. The van der Waals surface area contributed by atoms with E-state index < -0.39 is 11.2 Å². The van der Waals surface area contributed by atoms with Gasteiger partial charge in [0.2, 0.25) is 0 Å². The summed E-state index contributed by atoms with van der Waals surface area (Å²) in [4.78, 5) is 0. The van der Waals surface area contributed by atoms with Crippen LogP contribution in [0, 0.1) is 41.4 Å². The van der Waals surface area contributed by atoms with Crippen molar-refractivity contribution in [1.82, 2.24) is 0 Å². The van der Waals surface area contributed by atoms with Crippen molar-refractivity contribution in [3.63, 3.8) is 0 Å². The van der Waals surface area contributed by atoms with Crippen LogP contribution in [-0.4, -0.2) is 21.4 Å². The van der Waals surface area contributed by atoms with Gasteiger partial charge in [-0.2, -0.15) is 0 Å². The molecular weight excluding hydrogens is 669 g/mol. The minimum atomic E-state index is -0.513. The van der Waals surface area contributed by atoms with Crippen molar-refractivity contribution in [3.8, 4) is 0 Å². The summed E-state index contributed by atoms with van der Waals surface area (Å²) in [6.45, 7) is 44.4. The Morgan fingerprint density at radius 2 is 0.855 bits per heavy atom. The average Bonchev–Trinajstić information content (AvgIpc) is 3.10. The van der Waals surface area contributed by atoms with Gasteiger partial charge in [0.15, 0.2) is 0 Å². The predicted octanol–water partition coefficient (Wildman–Crippen LogP) is 17.9. The van der Waals surface area contributed by atoms with Crippen LogP contribution in [-0.2, 0) is 0 Å². The number of hydrogen-bond donors (Lipinski definition) is 2. The van der Waals surface area contributed by atoms with Crippen LogP contribution >= 0.6 is 0 Å². The van der Waals surface area contributed by atoms with Gasteiger partial charge in [0, 0.05) is 0 Å². The summed E-state index contributed by atoms with van der Waals surface area (Å²) in [5, 5.41) is 20.4. The molecule has 0 heterocycles. The molecule has 0 spiro atoms. The molecule has 332 valence electrons. The molecule has 0 saturated heterocycles. The van der Waals surface area contributed by atoms with Gasteiger partial charge in [-0.3, -0.25) is 0 Å². The summed E-state index contributed by atoms with van der Waals surface area (Å²) in [7, 11) is 0. The van der Waals surface area contributed by atoms with Crippen molar-refractivity contribution >= 4 is 0 Å². The van der Waals surface area contributed by atoms with Gasteiger partial charge < -0.3 is 10.2 Å². The molecule has 0 aromatic carbocycles. The molecule has 0 aromatic rings. The molecule has 0 aliphatic carbocycles. The molecule has 55 heavy (non-hydrogen) atoms. The van der Waals surface area contributed by atoms with E-state index in [4.69, 9.17) is 0 Å². The predicted molar refractivity (Wildman–Crippen MR) is 255 cm³/mol. The number of aliphatic hydroxyl groups is 2. The van der Waals surface area contributed by atoms with Crippen LogP contribution in [0.2, 0.25) is 0 Å². The lowest BCUT2D eigenvalue weighted by molar-refractivity contribution is 0.0305. The smallest absolute Gasteiger partial charge is 0.0654 e. The highest BCUT2D eigenvalue weighted by molar-refractivity contribution is 5.00. The van der Waals surface area contributed by atoms with E-state index in [0.29, 0.717) is 11.8 Å². The summed E-state index contributed by atoms with van der Waals surface area (Å²) in [6, 6.07) is 0. The maximum Gasteiger partial charge on any atom is 0.0654 e. The second-order valence-corrected chi connectivity index (χ2v) is 20.6. The van der Waals surface area contributed by atoms with Crippen molar-refractivity contribution in [2.75, 3.05) is 0 Å². The molecule has 0 amide bonds. The Balaban J connectivity index is -0.000000323. The topological polar surface area (TPSA) is 40.5 Å². The summed E-state index contributed by atoms with van der Waals surface area (Å²) in [5.41, 5.74) is 3.51. The summed E-state index contributed by atoms with van der Waals surface area (Å²) < 4.78 is 0. The lowest BCUT2D eigenvalue weighted by Gasteiger charge is -2.26. The van der Waals surface area contributed by atoms with Crippen LogP contribution in [0.4, 0.5) is 0 Å². The first-order chi connectivity index (χ1) is 25.3. The Hall–Kier alpha value is -0.860. The minimum absolute atomic E-state index is 0.448. The molecule has 2 nitrogen and oxygen atoms in total. The molecule has 4 atom stereocenters. The molecule has 0 saturated carbocycles. The van der Waals surface area contributed by atoms with Crippen LogP contribution in [0.3, 0.4) is 0 Å². The van der Waals surface area contributed by atoms with Crippen LogP contribution in [0.1, 0.15) is 254 Å². The third kappa shape index (κ3) is 53.1. The second kappa shape index (κ2) is 37.4. The first kappa shape index (κ1) is 60.8. The Labute approximate surface area is 350 Å². The van der Waals surface area contributed by atoms with E-state index in [-0.39, 0.29) is 0 Å². The summed E-state index contributed by atoms with van der Waals surface area (Å²) in [6.07, 6.45) is 28.1. The molecule has 0 fully saturated rings. The van der Waals surface area contributed by atoms with E-state index in [0.717, 1.165) is 74.5 Å². The van der Waals surface area contributed by atoms with Crippen LogP contribution < -0.4 is 0 Å².